The Hall–Kier alpha value is -0.610. The van der Waals surface area contributed by atoms with E-state index < -0.39 is 0 Å². The zero-order chi connectivity index (χ0) is 18.9. The summed E-state index contributed by atoms with van der Waals surface area (Å²) in [5.74, 6) is 1.14. The molecule has 4 nitrogen and oxygen atoms in total. The largest absolute Gasteiger partial charge is 0.343 e. The van der Waals surface area contributed by atoms with E-state index >= 15 is 0 Å². The first-order valence-corrected chi connectivity index (χ1v) is 10.5. The standard InChI is InChI=1S/C19H37N3O.C2H6/c1-19(2,3)15-21-11-7-16(8-12-21)5-6-18(23)22-13-9-17(20-4)10-14-22;1-2/h16-17,20H,5-15H2,1-4H3;1-2H3. The number of piperidine rings is 2. The molecule has 0 unspecified atom stereocenters. The number of likely N-dealkylation sites (tertiary alicyclic amines) is 2. The Morgan fingerprint density at radius 3 is 2.04 bits per heavy atom. The highest BCUT2D eigenvalue weighted by Crippen LogP contribution is 2.25. The Bertz CT molecular complexity index is 362. The average Bonchev–Trinajstić information content (AvgIpc) is 2.61. The molecule has 2 fully saturated rings. The number of hydrogen-bond donors (Lipinski definition) is 1. The molecule has 2 rings (SSSR count). The smallest absolute Gasteiger partial charge is 0.222 e. The molecule has 2 heterocycles. The van der Waals surface area contributed by atoms with E-state index in [1.54, 1.807) is 0 Å². The summed E-state index contributed by atoms with van der Waals surface area (Å²) in [6.45, 7) is 16.4. The zero-order valence-electron chi connectivity index (χ0n) is 17.7. The van der Waals surface area contributed by atoms with Crippen molar-refractivity contribution in [3.05, 3.63) is 0 Å². The van der Waals surface area contributed by atoms with Crippen molar-refractivity contribution in [2.24, 2.45) is 11.3 Å². The quantitative estimate of drug-likeness (QED) is 0.817. The van der Waals surface area contributed by atoms with Crippen LogP contribution in [0.5, 0.6) is 0 Å². The van der Waals surface area contributed by atoms with Crippen molar-refractivity contribution in [1.29, 1.82) is 0 Å². The van der Waals surface area contributed by atoms with Crippen LogP contribution in [0.15, 0.2) is 0 Å². The lowest BCUT2D eigenvalue weighted by Gasteiger charge is -2.36. The summed E-state index contributed by atoms with van der Waals surface area (Å²) < 4.78 is 0. The second-order valence-electron chi connectivity index (χ2n) is 8.76. The van der Waals surface area contributed by atoms with Gasteiger partial charge in [0.15, 0.2) is 0 Å². The van der Waals surface area contributed by atoms with E-state index in [4.69, 9.17) is 0 Å². The molecular weight excluding hydrogens is 310 g/mol. The van der Waals surface area contributed by atoms with Gasteiger partial charge in [-0.05, 0) is 63.6 Å². The molecular formula is C21H43N3O. The van der Waals surface area contributed by atoms with Crippen LogP contribution in [0.3, 0.4) is 0 Å². The van der Waals surface area contributed by atoms with Crippen LogP contribution in [0.4, 0.5) is 0 Å². The average molecular weight is 354 g/mol. The third kappa shape index (κ3) is 8.54. The lowest BCUT2D eigenvalue weighted by molar-refractivity contribution is -0.132. The van der Waals surface area contributed by atoms with Crippen molar-refractivity contribution < 1.29 is 4.79 Å². The van der Waals surface area contributed by atoms with Gasteiger partial charge in [-0.2, -0.15) is 0 Å². The van der Waals surface area contributed by atoms with Crippen molar-refractivity contribution in [2.75, 3.05) is 39.8 Å². The first-order valence-electron chi connectivity index (χ1n) is 10.5. The molecule has 0 bridgehead atoms. The van der Waals surface area contributed by atoms with Crippen LogP contribution in [-0.4, -0.2) is 61.5 Å². The maximum atomic E-state index is 12.4. The van der Waals surface area contributed by atoms with E-state index in [2.05, 4.69) is 35.9 Å². The summed E-state index contributed by atoms with van der Waals surface area (Å²) in [6.07, 6.45) is 6.60. The van der Waals surface area contributed by atoms with Gasteiger partial charge in [-0.3, -0.25) is 4.79 Å². The molecule has 0 saturated carbocycles. The van der Waals surface area contributed by atoms with E-state index in [1.807, 2.05) is 20.9 Å². The third-order valence-corrected chi connectivity index (χ3v) is 5.43. The van der Waals surface area contributed by atoms with Gasteiger partial charge in [-0.1, -0.05) is 34.6 Å². The Balaban J connectivity index is 0.00000151. The highest BCUT2D eigenvalue weighted by molar-refractivity contribution is 5.76. The summed E-state index contributed by atoms with van der Waals surface area (Å²) >= 11 is 0. The number of amides is 1. The normalized spacial score (nSPS) is 21.0. The minimum atomic E-state index is 0.386. The Labute approximate surface area is 156 Å². The van der Waals surface area contributed by atoms with Crippen LogP contribution in [0.1, 0.15) is 73.1 Å². The van der Waals surface area contributed by atoms with Crippen molar-refractivity contribution >= 4 is 5.91 Å². The lowest BCUT2D eigenvalue weighted by atomic mass is 9.89. The molecule has 0 aromatic carbocycles. The van der Waals surface area contributed by atoms with Gasteiger partial charge in [-0.25, -0.2) is 0 Å². The number of nitrogens with one attached hydrogen (secondary N) is 1. The molecule has 0 aromatic rings. The van der Waals surface area contributed by atoms with Crippen LogP contribution in [0.2, 0.25) is 0 Å². The molecule has 4 heteroatoms. The number of nitrogens with zero attached hydrogens (tertiary/aromatic N) is 2. The summed E-state index contributed by atoms with van der Waals surface area (Å²) in [5, 5.41) is 3.32. The predicted molar refractivity (Wildman–Crippen MR) is 108 cm³/mol. The van der Waals surface area contributed by atoms with E-state index in [1.165, 1.54) is 32.5 Å². The van der Waals surface area contributed by atoms with E-state index in [0.717, 1.165) is 44.7 Å². The number of rotatable bonds is 5. The third-order valence-electron chi connectivity index (χ3n) is 5.43. The monoisotopic (exact) mass is 353 g/mol. The molecule has 0 aromatic heterocycles. The van der Waals surface area contributed by atoms with Crippen LogP contribution >= 0.6 is 0 Å². The minimum absolute atomic E-state index is 0.386. The molecule has 25 heavy (non-hydrogen) atoms. The molecule has 0 radical (unpaired) electrons. The fourth-order valence-corrected chi connectivity index (χ4v) is 4.01. The summed E-state index contributed by atoms with van der Waals surface area (Å²) in [7, 11) is 2.02. The van der Waals surface area contributed by atoms with Gasteiger partial charge < -0.3 is 15.1 Å². The van der Waals surface area contributed by atoms with Crippen molar-refractivity contribution in [2.45, 2.75) is 79.2 Å². The van der Waals surface area contributed by atoms with Gasteiger partial charge in [-0.15, -0.1) is 0 Å². The molecule has 1 N–H and O–H groups in total. The predicted octanol–water partition coefficient (Wildman–Crippen LogP) is 3.76. The second kappa shape index (κ2) is 11.2. The maximum absolute atomic E-state index is 12.4. The molecule has 2 aliphatic rings. The second-order valence-corrected chi connectivity index (χ2v) is 8.76. The maximum Gasteiger partial charge on any atom is 0.222 e. The zero-order valence-corrected chi connectivity index (χ0v) is 17.7. The van der Waals surface area contributed by atoms with E-state index in [9.17, 15) is 4.79 Å². The Kier molecular flexibility index (Phi) is 10.0. The number of hydrogen-bond acceptors (Lipinski definition) is 3. The summed E-state index contributed by atoms with van der Waals surface area (Å²) in [5.41, 5.74) is 0.391. The highest BCUT2D eigenvalue weighted by Gasteiger charge is 2.25. The van der Waals surface area contributed by atoms with Crippen LogP contribution < -0.4 is 5.32 Å². The fourth-order valence-electron chi connectivity index (χ4n) is 4.01. The number of carbonyl (C=O) groups is 1. The molecule has 2 aliphatic heterocycles. The van der Waals surface area contributed by atoms with Gasteiger partial charge >= 0.3 is 0 Å². The van der Waals surface area contributed by atoms with Gasteiger partial charge in [0.2, 0.25) is 5.91 Å². The minimum Gasteiger partial charge on any atom is -0.343 e. The first-order chi connectivity index (χ1) is 11.9. The van der Waals surface area contributed by atoms with E-state index in [0.29, 0.717) is 17.4 Å². The number of carbonyl (C=O) groups excluding carboxylic acids is 1. The van der Waals surface area contributed by atoms with Crippen molar-refractivity contribution in [1.82, 2.24) is 15.1 Å². The van der Waals surface area contributed by atoms with Crippen molar-refractivity contribution in [3.8, 4) is 0 Å². The topological polar surface area (TPSA) is 35.6 Å². The van der Waals surface area contributed by atoms with Gasteiger partial charge in [0.25, 0.3) is 0 Å². The summed E-state index contributed by atoms with van der Waals surface area (Å²) in [4.78, 5) is 17.1. The van der Waals surface area contributed by atoms with Crippen LogP contribution in [0.25, 0.3) is 0 Å². The summed E-state index contributed by atoms with van der Waals surface area (Å²) in [6, 6.07) is 0.603. The molecule has 0 spiro atoms. The van der Waals surface area contributed by atoms with Gasteiger partial charge in [0, 0.05) is 32.1 Å². The molecule has 0 aliphatic carbocycles. The van der Waals surface area contributed by atoms with Crippen LogP contribution in [-0.2, 0) is 4.79 Å². The first kappa shape index (κ1) is 22.4. The Morgan fingerprint density at radius 2 is 1.56 bits per heavy atom. The SMILES string of the molecule is CC.CNC1CCN(C(=O)CCC2CCN(CC(C)(C)C)CC2)CC1. The van der Waals surface area contributed by atoms with Gasteiger partial charge in [0.1, 0.15) is 0 Å². The molecule has 2 saturated heterocycles. The molecule has 0 atom stereocenters. The lowest BCUT2D eigenvalue weighted by Crippen LogP contribution is -2.44. The van der Waals surface area contributed by atoms with Crippen LogP contribution in [0, 0.1) is 11.3 Å². The van der Waals surface area contributed by atoms with E-state index in [-0.39, 0.29) is 0 Å². The van der Waals surface area contributed by atoms with Crippen molar-refractivity contribution in [3.63, 3.8) is 0 Å². The van der Waals surface area contributed by atoms with Gasteiger partial charge in [0.05, 0.1) is 0 Å². The fraction of sp³-hybridized carbons (Fsp3) is 0.952. The molecule has 148 valence electrons. The highest BCUT2D eigenvalue weighted by atomic mass is 16.2. The molecule has 1 amide bonds. The Morgan fingerprint density at radius 1 is 1.00 bits per heavy atom.